The van der Waals surface area contributed by atoms with Gasteiger partial charge in [0.1, 0.15) is 16.6 Å². The molecule has 0 radical (unpaired) electrons. The summed E-state index contributed by atoms with van der Waals surface area (Å²) >= 11 is 0. The molecular weight excluding hydrogens is 587 g/mol. The Morgan fingerprint density at radius 3 is 1.88 bits per heavy atom. The third kappa shape index (κ3) is 3.80. The molecular formula is C44H27N3O. The first-order valence-corrected chi connectivity index (χ1v) is 16.2. The number of fused-ring (bicyclic) bond motifs is 7. The molecule has 0 N–H and O–H groups in total. The summed E-state index contributed by atoms with van der Waals surface area (Å²) in [6.07, 6.45) is 0. The Bertz CT molecular complexity index is 2650. The molecule has 0 unspecified atom stereocenters. The molecule has 0 aliphatic heterocycles. The van der Waals surface area contributed by atoms with Crippen molar-refractivity contribution in [3.8, 4) is 33.9 Å². The Hall–Kier alpha value is -6.39. The van der Waals surface area contributed by atoms with Crippen molar-refractivity contribution in [2.75, 3.05) is 0 Å². The van der Waals surface area contributed by atoms with Gasteiger partial charge in [-0.25, -0.2) is 15.0 Å². The molecule has 0 bridgehead atoms. The van der Waals surface area contributed by atoms with E-state index in [1.807, 2.05) is 48.5 Å². The van der Waals surface area contributed by atoms with E-state index in [1.165, 1.54) is 21.9 Å². The summed E-state index contributed by atoms with van der Waals surface area (Å²) in [6.45, 7) is 0. The molecule has 9 aromatic rings. The van der Waals surface area contributed by atoms with Gasteiger partial charge in [-0.15, -0.1) is 0 Å². The molecule has 2 heterocycles. The lowest BCUT2D eigenvalue weighted by Crippen LogP contribution is -2.31. The van der Waals surface area contributed by atoms with Gasteiger partial charge in [0.25, 0.3) is 0 Å². The van der Waals surface area contributed by atoms with E-state index >= 15 is 0 Å². The summed E-state index contributed by atoms with van der Waals surface area (Å²) in [6, 6.07) is 57.2. The average molecular weight is 614 g/mol. The second kappa shape index (κ2) is 10.3. The van der Waals surface area contributed by atoms with Gasteiger partial charge in [0.2, 0.25) is 0 Å². The molecule has 0 saturated heterocycles. The van der Waals surface area contributed by atoms with Gasteiger partial charge >= 0.3 is 0 Å². The molecule has 0 atom stereocenters. The first-order valence-electron chi connectivity index (χ1n) is 16.2. The van der Waals surface area contributed by atoms with Crippen molar-refractivity contribution in [2.45, 2.75) is 5.41 Å². The predicted molar refractivity (Wildman–Crippen MR) is 193 cm³/mol. The molecule has 48 heavy (non-hydrogen) atoms. The minimum atomic E-state index is -0.801. The van der Waals surface area contributed by atoms with Crippen molar-refractivity contribution >= 4 is 32.7 Å². The zero-order chi connectivity index (χ0) is 31.7. The van der Waals surface area contributed by atoms with E-state index in [-0.39, 0.29) is 0 Å². The Morgan fingerprint density at radius 2 is 1.06 bits per heavy atom. The zero-order valence-electron chi connectivity index (χ0n) is 25.8. The molecule has 10 rings (SSSR count). The van der Waals surface area contributed by atoms with Gasteiger partial charge in [-0.05, 0) is 56.8 Å². The number of aromatic nitrogens is 3. The summed E-state index contributed by atoms with van der Waals surface area (Å²) in [5.74, 6) is 1.92. The summed E-state index contributed by atoms with van der Waals surface area (Å²) in [7, 11) is 0. The molecule has 224 valence electrons. The molecule has 2 aromatic heterocycles. The van der Waals surface area contributed by atoms with Gasteiger partial charge in [-0.2, -0.15) is 0 Å². The van der Waals surface area contributed by atoms with Crippen LogP contribution in [0.4, 0.5) is 0 Å². The molecule has 0 amide bonds. The first kappa shape index (κ1) is 26.8. The lowest BCUT2D eigenvalue weighted by molar-refractivity contribution is 0.669. The third-order valence-electron chi connectivity index (χ3n) is 9.78. The summed E-state index contributed by atoms with van der Waals surface area (Å²) in [5, 5.41) is 4.39. The largest absolute Gasteiger partial charge is 0.456 e. The van der Waals surface area contributed by atoms with Gasteiger partial charge in [-0.3, -0.25) is 0 Å². The number of nitrogens with zero attached hydrogens (tertiary/aromatic N) is 3. The molecule has 0 saturated carbocycles. The smallest absolute Gasteiger partial charge is 0.164 e. The van der Waals surface area contributed by atoms with Crippen molar-refractivity contribution in [2.24, 2.45) is 0 Å². The molecule has 7 aromatic carbocycles. The maximum Gasteiger partial charge on any atom is 0.164 e. The monoisotopic (exact) mass is 613 g/mol. The predicted octanol–water partition coefficient (Wildman–Crippen LogP) is 10.6. The number of rotatable bonds is 4. The Morgan fingerprint density at radius 1 is 0.438 bits per heavy atom. The van der Waals surface area contributed by atoms with Crippen LogP contribution in [0, 0.1) is 0 Å². The molecule has 1 aliphatic rings. The van der Waals surface area contributed by atoms with Gasteiger partial charge in [0, 0.05) is 21.9 Å². The van der Waals surface area contributed by atoms with E-state index in [0.29, 0.717) is 17.5 Å². The van der Waals surface area contributed by atoms with Crippen molar-refractivity contribution in [3.05, 3.63) is 186 Å². The van der Waals surface area contributed by atoms with Crippen LogP contribution >= 0.6 is 0 Å². The van der Waals surface area contributed by atoms with E-state index < -0.39 is 5.41 Å². The van der Waals surface area contributed by atoms with Crippen LogP contribution in [-0.2, 0) is 5.41 Å². The van der Waals surface area contributed by atoms with Crippen LogP contribution in [0.15, 0.2) is 168 Å². The standard InChI is InChI=1S/C44H27N3O/c1-2-14-29(15-3-1)41-45-42(35-20-12-24-39-40(35)34-19-8-11-23-38(34)48-39)47-43(46-41)44(31-26-25-28-13-4-5-16-30(28)27-31)36-21-9-6-17-32(36)33-18-7-10-22-37(33)44/h1-27H. The molecule has 4 nitrogen and oxygen atoms in total. The van der Waals surface area contributed by atoms with Gasteiger partial charge < -0.3 is 4.42 Å². The Kier molecular flexibility index (Phi) is 5.75. The second-order valence-corrected chi connectivity index (χ2v) is 12.4. The van der Waals surface area contributed by atoms with Crippen LogP contribution in [0.3, 0.4) is 0 Å². The van der Waals surface area contributed by atoms with Crippen molar-refractivity contribution in [1.82, 2.24) is 15.0 Å². The van der Waals surface area contributed by atoms with E-state index in [1.54, 1.807) is 0 Å². The maximum absolute atomic E-state index is 6.31. The minimum Gasteiger partial charge on any atom is -0.456 e. The van der Waals surface area contributed by atoms with Crippen LogP contribution in [0.25, 0.3) is 66.6 Å². The highest BCUT2D eigenvalue weighted by Gasteiger charge is 2.49. The fourth-order valence-corrected chi connectivity index (χ4v) is 7.68. The van der Waals surface area contributed by atoms with Crippen molar-refractivity contribution in [1.29, 1.82) is 0 Å². The molecule has 4 heteroatoms. The normalized spacial score (nSPS) is 13.2. The highest BCUT2D eigenvalue weighted by molar-refractivity contribution is 6.11. The van der Waals surface area contributed by atoms with Crippen LogP contribution in [0.5, 0.6) is 0 Å². The van der Waals surface area contributed by atoms with E-state index in [0.717, 1.165) is 49.8 Å². The van der Waals surface area contributed by atoms with E-state index in [2.05, 4.69) is 115 Å². The lowest BCUT2D eigenvalue weighted by Gasteiger charge is -2.32. The average Bonchev–Trinajstić information content (AvgIpc) is 3.69. The summed E-state index contributed by atoms with van der Waals surface area (Å²) in [4.78, 5) is 16.1. The molecule has 0 fully saturated rings. The number of hydrogen-bond acceptors (Lipinski definition) is 4. The number of furan rings is 1. The van der Waals surface area contributed by atoms with Crippen LogP contribution < -0.4 is 0 Å². The fourth-order valence-electron chi connectivity index (χ4n) is 7.68. The second-order valence-electron chi connectivity index (χ2n) is 12.4. The Balaban J connectivity index is 1.36. The van der Waals surface area contributed by atoms with Gasteiger partial charge in [0.15, 0.2) is 17.5 Å². The quantitative estimate of drug-likeness (QED) is 0.198. The minimum absolute atomic E-state index is 0.609. The van der Waals surface area contributed by atoms with E-state index in [9.17, 15) is 0 Å². The number of benzene rings is 7. The molecule has 1 aliphatic carbocycles. The summed E-state index contributed by atoms with van der Waals surface area (Å²) < 4.78 is 6.31. The maximum atomic E-state index is 6.31. The Labute approximate surface area is 277 Å². The van der Waals surface area contributed by atoms with Crippen LogP contribution in [0.1, 0.15) is 22.5 Å². The number of hydrogen-bond donors (Lipinski definition) is 0. The topological polar surface area (TPSA) is 51.8 Å². The van der Waals surface area contributed by atoms with Gasteiger partial charge in [0.05, 0.1) is 0 Å². The third-order valence-corrected chi connectivity index (χ3v) is 9.78. The lowest BCUT2D eigenvalue weighted by atomic mass is 9.71. The first-order chi connectivity index (χ1) is 23.8. The van der Waals surface area contributed by atoms with Gasteiger partial charge in [-0.1, -0.05) is 146 Å². The SMILES string of the molecule is c1ccc(-c2nc(-c3cccc4oc5ccccc5c34)nc(C3(c4ccc5ccccc5c4)c4ccccc4-c4ccccc43)n2)cc1. The zero-order valence-corrected chi connectivity index (χ0v) is 25.8. The fraction of sp³-hybridized carbons (Fsp3) is 0.0227. The number of para-hydroxylation sites is 1. The summed E-state index contributed by atoms with van der Waals surface area (Å²) in [5.41, 5.74) is 8.48. The van der Waals surface area contributed by atoms with Crippen molar-refractivity contribution < 1.29 is 4.42 Å². The van der Waals surface area contributed by atoms with Crippen molar-refractivity contribution in [3.63, 3.8) is 0 Å². The highest BCUT2D eigenvalue weighted by atomic mass is 16.3. The highest BCUT2D eigenvalue weighted by Crippen LogP contribution is 2.55. The molecule has 0 spiro atoms. The van der Waals surface area contributed by atoms with E-state index in [4.69, 9.17) is 19.4 Å². The van der Waals surface area contributed by atoms with Crippen LogP contribution in [0.2, 0.25) is 0 Å². The van der Waals surface area contributed by atoms with Crippen LogP contribution in [-0.4, -0.2) is 15.0 Å².